The average molecular weight is 257 g/mol. The van der Waals surface area contributed by atoms with Gasteiger partial charge in [0.25, 0.3) is 0 Å². The van der Waals surface area contributed by atoms with Crippen LogP contribution in [0.1, 0.15) is 30.1 Å². The average Bonchev–Trinajstić information content (AvgIpc) is 2.91. The minimum Gasteiger partial charge on any atom is -0.302 e. The third-order valence-electron chi connectivity index (χ3n) is 2.33. The molecule has 0 bridgehead atoms. The van der Waals surface area contributed by atoms with E-state index in [1.165, 1.54) is 11.2 Å². The second-order valence-corrected chi connectivity index (χ2v) is 5.16. The van der Waals surface area contributed by atoms with Crippen LogP contribution in [0, 0.1) is 0 Å². The number of hydrogen-bond acceptors (Lipinski definition) is 4. The number of halogens is 1. The molecule has 16 heavy (non-hydrogen) atoms. The van der Waals surface area contributed by atoms with Gasteiger partial charge >= 0.3 is 0 Å². The van der Waals surface area contributed by atoms with E-state index in [-0.39, 0.29) is 0 Å². The summed E-state index contributed by atoms with van der Waals surface area (Å²) in [5.74, 6) is 0.848. The fraction of sp³-hybridized carbons (Fsp3) is 0.400. The molecule has 2 rings (SSSR count). The minimum atomic E-state index is 0.322. The largest absolute Gasteiger partial charge is 0.302 e. The fourth-order valence-corrected chi connectivity index (χ4v) is 2.72. The standard InChI is InChI=1S/C10H13ClN4S/c1-2-7(8-3-4-9(11)16-8)12-5-10-13-6-14-15-10/h3-4,6-7,12H,2,5H2,1H3,(H,13,14,15)/t7-/m1/s1. The molecule has 1 atom stereocenters. The molecule has 0 unspecified atom stereocenters. The van der Waals surface area contributed by atoms with Crippen LogP contribution in [-0.4, -0.2) is 15.2 Å². The van der Waals surface area contributed by atoms with Gasteiger partial charge < -0.3 is 5.32 Å². The summed E-state index contributed by atoms with van der Waals surface area (Å²) in [4.78, 5) is 5.33. The van der Waals surface area contributed by atoms with Crippen molar-refractivity contribution in [3.05, 3.63) is 33.5 Å². The molecule has 2 heterocycles. The van der Waals surface area contributed by atoms with Gasteiger partial charge in [0.2, 0.25) is 0 Å². The van der Waals surface area contributed by atoms with Gasteiger partial charge in [-0.3, -0.25) is 5.10 Å². The number of aromatic amines is 1. The van der Waals surface area contributed by atoms with Crippen molar-refractivity contribution >= 4 is 22.9 Å². The number of nitrogens with one attached hydrogen (secondary N) is 2. The van der Waals surface area contributed by atoms with Crippen LogP contribution < -0.4 is 5.32 Å². The van der Waals surface area contributed by atoms with E-state index in [1.807, 2.05) is 6.07 Å². The summed E-state index contributed by atoms with van der Waals surface area (Å²) in [6, 6.07) is 4.32. The molecule has 0 aliphatic rings. The molecule has 86 valence electrons. The predicted octanol–water partition coefficient (Wildman–Crippen LogP) is 2.76. The van der Waals surface area contributed by atoms with E-state index in [4.69, 9.17) is 11.6 Å². The van der Waals surface area contributed by atoms with E-state index in [9.17, 15) is 0 Å². The zero-order valence-corrected chi connectivity index (χ0v) is 10.5. The normalized spacial score (nSPS) is 12.9. The van der Waals surface area contributed by atoms with Crippen LogP contribution in [-0.2, 0) is 6.54 Å². The maximum atomic E-state index is 5.92. The van der Waals surface area contributed by atoms with E-state index in [1.54, 1.807) is 11.3 Å². The van der Waals surface area contributed by atoms with Crippen LogP contribution in [0.15, 0.2) is 18.5 Å². The highest BCUT2D eigenvalue weighted by Crippen LogP contribution is 2.28. The van der Waals surface area contributed by atoms with Crippen molar-refractivity contribution in [2.75, 3.05) is 0 Å². The summed E-state index contributed by atoms with van der Waals surface area (Å²) in [5.41, 5.74) is 0. The molecule has 0 saturated heterocycles. The van der Waals surface area contributed by atoms with Crippen molar-refractivity contribution in [1.29, 1.82) is 0 Å². The first-order valence-corrected chi connectivity index (χ1v) is 6.32. The molecule has 6 heteroatoms. The van der Waals surface area contributed by atoms with Crippen molar-refractivity contribution in [2.45, 2.75) is 25.9 Å². The molecule has 0 aliphatic carbocycles. The summed E-state index contributed by atoms with van der Waals surface area (Å²) in [7, 11) is 0. The molecule has 4 nitrogen and oxygen atoms in total. The molecule has 2 N–H and O–H groups in total. The summed E-state index contributed by atoms with van der Waals surface area (Å²) in [6.07, 6.45) is 2.53. The number of rotatable bonds is 5. The van der Waals surface area contributed by atoms with E-state index in [2.05, 4.69) is 33.5 Å². The van der Waals surface area contributed by atoms with Gasteiger partial charge in [-0.15, -0.1) is 11.3 Å². The number of nitrogens with zero attached hydrogens (tertiary/aromatic N) is 2. The highest BCUT2D eigenvalue weighted by atomic mass is 35.5. The van der Waals surface area contributed by atoms with Gasteiger partial charge in [-0.05, 0) is 18.6 Å². The predicted molar refractivity (Wildman–Crippen MR) is 65.6 cm³/mol. The lowest BCUT2D eigenvalue weighted by Crippen LogP contribution is -2.20. The van der Waals surface area contributed by atoms with Crippen molar-refractivity contribution in [3.8, 4) is 0 Å². The van der Waals surface area contributed by atoms with Crippen molar-refractivity contribution in [3.63, 3.8) is 0 Å². The zero-order valence-electron chi connectivity index (χ0n) is 8.90. The van der Waals surface area contributed by atoms with Gasteiger partial charge in [0.15, 0.2) is 0 Å². The molecule has 0 aromatic carbocycles. The van der Waals surface area contributed by atoms with Crippen LogP contribution in [0.3, 0.4) is 0 Å². The lowest BCUT2D eigenvalue weighted by molar-refractivity contribution is 0.516. The Morgan fingerprint density at radius 2 is 2.44 bits per heavy atom. The second kappa shape index (κ2) is 5.43. The Bertz CT molecular complexity index is 426. The molecule has 0 aliphatic heterocycles. The highest BCUT2D eigenvalue weighted by Gasteiger charge is 2.11. The quantitative estimate of drug-likeness (QED) is 0.865. The molecule has 0 fully saturated rings. The highest BCUT2D eigenvalue weighted by molar-refractivity contribution is 7.16. The molecule has 0 spiro atoms. The smallest absolute Gasteiger partial charge is 0.138 e. The van der Waals surface area contributed by atoms with Crippen LogP contribution in [0.4, 0.5) is 0 Å². The van der Waals surface area contributed by atoms with Gasteiger partial charge in [0.1, 0.15) is 12.2 Å². The summed E-state index contributed by atoms with van der Waals surface area (Å²) < 4.78 is 0.829. The fourth-order valence-electron chi connectivity index (χ4n) is 1.50. The Balaban J connectivity index is 1.96. The molecular formula is C10H13ClN4S. The number of aromatic nitrogens is 3. The maximum Gasteiger partial charge on any atom is 0.138 e. The third-order valence-corrected chi connectivity index (χ3v) is 3.67. The third kappa shape index (κ3) is 2.81. The number of thiophene rings is 1. The van der Waals surface area contributed by atoms with E-state index >= 15 is 0 Å². The first-order chi connectivity index (χ1) is 7.79. The first-order valence-electron chi connectivity index (χ1n) is 5.12. The lowest BCUT2D eigenvalue weighted by atomic mass is 10.2. The molecule has 2 aromatic heterocycles. The Morgan fingerprint density at radius 1 is 1.56 bits per heavy atom. The lowest BCUT2D eigenvalue weighted by Gasteiger charge is -2.13. The van der Waals surface area contributed by atoms with Crippen molar-refractivity contribution < 1.29 is 0 Å². The maximum absolute atomic E-state index is 5.92. The number of H-pyrrole nitrogens is 1. The van der Waals surface area contributed by atoms with Crippen molar-refractivity contribution in [1.82, 2.24) is 20.5 Å². The molecule has 0 saturated carbocycles. The van der Waals surface area contributed by atoms with E-state index in [0.29, 0.717) is 12.6 Å². The summed E-state index contributed by atoms with van der Waals surface area (Å²) >= 11 is 7.54. The Labute approximate surface area is 103 Å². The monoisotopic (exact) mass is 256 g/mol. The second-order valence-electron chi connectivity index (χ2n) is 3.42. The Kier molecular flexibility index (Phi) is 3.93. The minimum absolute atomic E-state index is 0.322. The van der Waals surface area contributed by atoms with Gasteiger partial charge in [-0.1, -0.05) is 18.5 Å². The Morgan fingerprint density at radius 3 is 3.00 bits per heavy atom. The van der Waals surface area contributed by atoms with E-state index in [0.717, 1.165) is 16.6 Å². The van der Waals surface area contributed by atoms with Crippen LogP contribution in [0.2, 0.25) is 4.34 Å². The number of hydrogen-bond donors (Lipinski definition) is 2. The zero-order chi connectivity index (χ0) is 11.4. The summed E-state index contributed by atoms with van der Waals surface area (Å²) in [6.45, 7) is 2.83. The van der Waals surface area contributed by atoms with E-state index < -0.39 is 0 Å². The van der Waals surface area contributed by atoms with Crippen LogP contribution >= 0.6 is 22.9 Å². The summed E-state index contributed by atoms with van der Waals surface area (Å²) in [5, 5.41) is 10.1. The Hall–Kier alpha value is -0.910. The first kappa shape index (κ1) is 11.6. The van der Waals surface area contributed by atoms with Gasteiger partial charge in [0, 0.05) is 10.9 Å². The molecule has 0 radical (unpaired) electrons. The topological polar surface area (TPSA) is 53.6 Å². The van der Waals surface area contributed by atoms with Crippen LogP contribution in [0.25, 0.3) is 0 Å². The molecule has 0 amide bonds. The van der Waals surface area contributed by atoms with Gasteiger partial charge in [-0.25, -0.2) is 4.98 Å². The molecular weight excluding hydrogens is 244 g/mol. The van der Waals surface area contributed by atoms with Gasteiger partial charge in [0.05, 0.1) is 10.9 Å². The van der Waals surface area contributed by atoms with Crippen molar-refractivity contribution in [2.24, 2.45) is 0 Å². The van der Waals surface area contributed by atoms with Crippen LogP contribution in [0.5, 0.6) is 0 Å². The molecule has 2 aromatic rings. The van der Waals surface area contributed by atoms with Gasteiger partial charge in [-0.2, -0.15) is 5.10 Å². The SMILES string of the molecule is CC[C@@H](NCc1ncn[nH]1)c1ccc(Cl)s1.